The fraction of sp³-hybridized carbons (Fsp3) is 0.300. The van der Waals surface area contributed by atoms with Gasteiger partial charge in [-0.2, -0.15) is 5.26 Å². The molecule has 0 heterocycles. The van der Waals surface area contributed by atoms with Gasteiger partial charge in [-0.3, -0.25) is 0 Å². The number of rotatable bonds is 2. The number of benzene rings is 1. The van der Waals surface area contributed by atoms with Crippen LogP contribution in [0.2, 0.25) is 0 Å². The van der Waals surface area contributed by atoms with Crippen molar-refractivity contribution in [2.24, 2.45) is 0 Å². The van der Waals surface area contributed by atoms with E-state index in [4.69, 9.17) is 5.26 Å². The van der Waals surface area contributed by atoms with Gasteiger partial charge < -0.3 is 5.11 Å². The highest BCUT2D eigenvalue weighted by Crippen LogP contribution is 2.28. The van der Waals surface area contributed by atoms with E-state index in [1.807, 2.05) is 13.0 Å². The van der Waals surface area contributed by atoms with Gasteiger partial charge in [-0.25, -0.2) is 0 Å². The van der Waals surface area contributed by atoms with Crippen molar-refractivity contribution in [1.82, 2.24) is 0 Å². The molecule has 13 heavy (non-hydrogen) atoms. The van der Waals surface area contributed by atoms with Gasteiger partial charge in [-0.05, 0) is 46.5 Å². The SMILES string of the molecule is Cc1cc(CCC#N)cc(O)c1Br. The van der Waals surface area contributed by atoms with Crippen molar-refractivity contribution >= 4 is 15.9 Å². The fourth-order valence-electron chi connectivity index (χ4n) is 1.17. The molecule has 0 aromatic heterocycles. The molecule has 0 unspecified atom stereocenters. The predicted octanol–water partition coefficient (Wildman–Crippen LogP) is 2.92. The molecular formula is C10H10BrNO. The maximum absolute atomic E-state index is 9.45. The van der Waals surface area contributed by atoms with Crippen LogP contribution in [0.4, 0.5) is 0 Å². The van der Waals surface area contributed by atoms with Gasteiger partial charge in [0.1, 0.15) is 5.75 Å². The van der Waals surface area contributed by atoms with E-state index in [0.717, 1.165) is 15.6 Å². The number of phenolic OH excluding ortho intramolecular Hbond substituents is 1. The van der Waals surface area contributed by atoms with Crippen molar-refractivity contribution in [3.8, 4) is 11.8 Å². The first-order chi connectivity index (χ1) is 6.15. The zero-order chi connectivity index (χ0) is 9.84. The second kappa shape index (κ2) is 4.29. The highest BCUT2D eigenvalue weighted by Gasteiger charge is 2.03. The fourth-order valence-corrected chi connectivity index (χ4v) is 1.40. The number of hydrogen-bond acceptors (Lipinski definition) is 2. The van der Waals surface area contributed by atoms with Crippen molar-refractivity contribution in [2.75, 3.05) is 0 Å². The quantitative estimate of drug-likeness (QED) is 0.863. The number of phenols is 1. The summed E-state index contributed by atoms with van der Waals surface area (Å²) in [7, 11) is 0. The first-order valence-corrected chi connectivity index (χ1v) is 4.79. The maximum Gasteiger partial charge on any atom is 0.130 e. The van der Waals surface area contributed by atoms with Crippen LogP contribution in [0.25, 0.3) is 0 Å². The molecule has 1 N–H and O–H groups in total. The number of aromatic hydroxyl groups is 1. The second-order valence-electron chi connectivity index (χ2n) is 2.90. The number of nitriles is 1. The number of hydrogen-bond donors (Lipinski definition) is 1. The van der Waals surface area contributed by atoms with E-state index in [1.165, 1.54) is 0 Å². The molecule has 0 atom stereocenters. The van der Waals surface area contributed by atoms with Gasteiger partial charge in [0.25, 0.3) is 0 Å². The predicted molar refractivity (Wildman–Crippen MR) is 54.5 cm³/mol. The van der Waals surface area contributed by atoms with Gasteiger partial charge in [-0.1, -0.05) is 6.07 Å². The van der Waals surface area contributed by atoms with Crippen LogP contribution in [0.1, 0.15) is 17.5 Å². The molecule has 1 aromatic carbocycles. The van der Waals surface area contributed by atoms with Crippen LogP contribution in [0, 0.1) is 18.3 Å². The minimum absolute atomic E-state index is 0.243. The zero-order valence-corrected chi connectivity index (χ0v) is 8.93. The van der Waals surface area contributed by atoms with E-state index in [2.05, 4.69) is 22.0 Å². The molecule has 0 saturated carbocycles. The average molecular weight is 240 g/mol. The molecule has 0 aliphatic carbocycles. The number of halogens is 1. The van der Waals surface area contributed by atoms with Gasteiger partial charge in [0.05, 0.1) is 10.5 Å². The second-order valence-corrected chi connectivity index (χ2v) is 3.70. The summed E-state index contributed by atoms with van der Waals surface area (Å²) in [6.07, 6.45) is 1.18. The standard InChI is InChI=1S/C10H10BrNO/c1-7-5-8(3-2-4-12)6-9(13)10(7)11/h5-6,13H,2-3H2,1H3. The highest BCUT2D eigenvalue weighted by molar-refractivity contribution is 9.10. The smallest absolute Gasteiger partial charge is 0.130 e. The van der Waals surface area contributed by atoms with Crippen molar-refractivity contribution in [2.45, 2.75) is 19.8 Å². The summed E-state index contributed by atoms with van der Waals surface area (Å²) in [4.78, 5) is 0. The van der Waals surface area contributed by atoms with Crippen molar-refractivity contribution < 1.29 is 5.11 Å². The Kier molecular flexibility index (Phi) is 3.32. The van der Waals surface area contributed by atoms with Crippen LogP contribution in [0.5, 0.6) is 5.75 Å². The van der Waals surface area contributed by atoms with E-state index >= 15 is 0 Å². The van der Waals surface area contributed by atoms with Crippen molar-refractivity contribution in [1.29, 1.82) is 5.26 Å². The summed E-state index contributed by atoms with van der Waals surface area (Å²) in [6, 6.07) is 5.74. The van der Waals surface area contributed by atoms with E-state index in [1.54, 1.807) is 6.07 Å². The molecule has 0 bridgehead atoms. The Bertz CT molecular complexity index is 331. The molecule has 0 amide bonds. The van der Waals surface area contributed by atoms with Gasteiger partial charge >= 0.3 is 0 Å². The third-order valence-corrected chi connectivity index (χ3v) is 2.85. The molecular weight excluding hydrogens is 230 g/mol. The molecule has 3 heteroatoms. The van der Waals surface area contributed by atoms with E-state index in [-0.39, 0.29) is 5.75 Å². The molecule has 0 saturated heterocycles. The summed E-state index contributed by atoms with van der Waals surface area (Å²) in [5.41, 5.74) is 1.99. The lowest BCUT2D eigenvalue weighted by molar-refractivity contribution is 0.470. The molecule has 0 fully saturated rings. The summed E-state index contributed by atoms with van der Waals surface area (Å²) >= 11 is 3.27. The lowest BCUT2D eigenvalue weighted by Gasteiger charge is -2.04. The zero-order valence-electron chi connectivity index (χ0n) is 7.34. The molecule has 2 nitrogen and oxygen atoms in total. The van der Waals surface area contributed by atoms with Gasteiger partial charge in [0.15, 0.2) is 0 Å². The summed E-state index contributed by atoms with van der Waals surface area (Å²) in [5.74, 6) is 0.243. The minimum atomic E-state index is 0.243. The van der Waals surface area contributed by atoms with Crippen molar-refractivity contribution in [3.63, 3.8) is 0 Å². The van der Waals surface area contributed by atoms with Crippen LogP contribution >= 0.6 is 15.9 Å². The monoisotopic (exact) mass is 239 g/mol. The summed E-state index contributed by atoms with van der Waals surface area (Å²) in [5, 5.41) is 17.8. The molecule has 68 valence electrons. The van der Waals surface area contributed by atoms with Crippen molar-refractivity contribution in [3.05, 3.63) is 27.7 Å². The Balaban J connectivity index is 2.94. The van der Waals surface area contributed by atoms with Crippen LogP contribution < -0.4 is 0 Å². The summed E-state index contributed by atoms with van der Waals surface area (Å²) in [6.45, 7) is 1.92. The first-order valence-electron chi connectivity index (χ1n) is 4.00. The maximum atomic E-state index is 9.45. The molecule has 1 rings (SSSR count). The van der Waals surface area contributed by atoms with Crippen LogP contribution in [0.15, 0.2) is 16.6 Å². The Morgan fingerprint density at radius 2 is 2.23 bits per heavy atom. The summed E-state index contributed by atoms with van der Waals surface area (Å²) < 4.78 is 0.730. The lowest BCUT2D eigenvalue weighted by atomic mass is 10.1. The van der Waals surface area contributed by atoms with Gasteiger partial charge in [-0.15, -0.1) is 0 Å². The van der Waals surface area contributed by atoms with Gasteiger partial charge in [0, 0.05) is 6.42 Å². The molecule has 1 aromatic rings. The van der Waals surface area contributed by atoms with E-state index < -0.39 is 0 Å². The molecule has 0 radical (unpaired) electrons. The minimum Gasteiger partial charge on any atom is -0.507 e. The molecule has 0 spiro atoms. The average Bonchev–Trinajstić information content (AvgIpc) is 2.10. The Hall–Kier alpha value is -1.01. The number of nitrogens with zero attached hydrogens (tertiary/aromatic N) is 1. The Labute approximate surface area is 85.9 Å². The third kappa shape index (κ3) is 2.46. The van der Waals surface area contributed by atoms with Crippen LogP contribution in [-0.2, 0) is 6.42 Å². The van der Waals surface area contributed by atoms with Crippen LogP contribution in [0.3, 0.4) is 0 Å². The molecule has 0 aliphatic rings. The third-order valence-electron chi connectivity index (χ3n) is 1.82. The normalized spacial score (nSPS) is 9.62. The Morgan fingerprint density at radius 1 is 1.54 bits per heavy atom. The molecule has 0 aliphatic heterocycles. The van der Waals surface area contributed by atoms with Crippen LogP contribution in [-0.4, -0.2) is 5.11 Å². The highest BCUT2D eigenvalue weighted by atomic mass is 79.9. The lowest BCUT2D eigenvalue weighted by Crippen LogP contribution is -1.86. The Morgan fingerprint density at radius 3 is 2.77 bits per heavy atom. The van der Waals surface area contributed by atoms with Gasteiger partial charge in [0.2, 0.25) is 0 Å². The van der Waals surface area contributed by atoms with E-state index in [0.29, 0.717) is 12.8 Å². The largest absolute Gasteiger partial charge is 0.507 e. The topological polar surface area (TPSA) is 44.0 Å². The van der Waals surface area contributed by atoms with E-state index in [9.17, 15) is 5.11 Å². The first kappa shape index (κ1) is 10.1. The number of aryl methyl sites for hydroxylation is 2.